The number of urea groups is 1. The number of carbonyl (C=O) groups excluding carboxylic acids is 1. The fraction of sp³-hybridized carbons (Fsp3) is 0.364. The second-order valence-electron chi connectivity index (χ2n) is 7.64. The van der Waals surface area contributed by atoms with Crippen LogP contribution >= 0.6 is 0 Å². The lowest BCUT2D eigenvalue weighted by molar-refractivity contribution is 0.147. The van der Waals surface area contributed by atoms with Gasteiger partial charge in [-0.25, -0.2) is 14.2 Å². The van der Waals surface area contributed by atoms with Gasteiger partial charge in [-0.1, -0.05) is 29.3 Å². The van der Waals surface area contributed by atoms with Gasteiger partial charge in [0.15, 0.2) is 0 Å². The van der Waals surface area contributed by atoms with Crippen molar-refractivity contribution in [1.29, 1.82) is 0 Å². The van der Waals surface area contributed by atoms with Crippen LogP contribution < -0.4 is 5.32 Å². The number of carbonyl (C=O) groups is 1. The number of hydrogen-bond acceptors (Lipinski definition) is 2. The molecule has 0 spiro atoms. The van der Waals surface area contributed by atoms with Crippen LogP contribution in [0.4, 0.5) is 9.18 Å². The first-order valence-electron chi connectivity index (χ1n) is 9.76. The van der Waals surface area contributed by atoms with E-state index >= 15 is 0 Å². The molecular formula is C22H25FN4O. The molecule has 28 heavy (non-hydrogen) atoms. The summed E-state index contributed by atoms with van der Waals surface area (Å²) >= 11 is 0. The summed E-state index contributed by atoms with van der Waals surface area (Å²) in [4.78, 5) is 22.6. The smallest absolute Gasteiger partial charge is 0.318 e. The van der Waals surface area contributed by atoms with Crippen molar-refractivity contribution in [1.82, 2.24) is 20.2 Å². The van der Waals surface area contributed by atoms with Crippen molar-refractivity contribution in [3.63, 3.8) is 0 Å². The first kappa shape index (κ1) is 18.5. The number of aromatic amines is 1. The lowest BCUT2D eigenvalue weighted by atomic mass is 10.0. The number of imidazole rings is 1. The Hall–Kier alpha value is -2.89. The SMILES string of the molecule is Cc1cc(C)cc(CNC(=O)N2CCCCC2c2nc3ccc(F)cc3[nH]2)c1. The highest BCUT2D eigenvalue weighted by atomic mass is 19.1. The van der Waals surface area contributed by atoms with E-state index in [4.69, 9.17) is 0 Å². The van der Waals surface area contributed by atoms with Crippen LogP contribution in [-0.2, 0) is 6.54 Å². The molecule has 3 aromatic rings. The number of nitrogens with zero attached hydrogens (tertiary/aromatic N) is 2. The van der Waals surface area contributed by atoms with Crippen molar-refractivity contribution in [2.75, 3.05) is 6.54 Å². The molecule has 5 nitrogen and oxygen atoms in total. The third-order valence-corrected chi connectivity index (χ3v) is 5.27. The zero-order valence-electron chi connectivity index (χ0n) is 16.3. The van der Waals surface area contributed by atoms with Crippen LogP contribution in [-0.4, -0.2) is 27.4 Å². The highest BCUT2D eigenvalue weighted by molar-refractivity contribution is 5.77. The van der Waals surface area contributed by atoms with E-state index in [1.54, 1.807) is 6.07 Å². The maximum absolute atomic E-state index is 13.5. The van der Waals surface area contributed by atoms with Crippen molar-refractivity contribution >= 4 is 17.1 Å². The third kappa shape index (κ3) is 3.86. The molecule has 4 rings (SSSR count). The zero-order valence-corrected chi connectivity index (χ0v) is 16.3. The van der Waals surface area contributed by atoms with E-state index in [0.29, 0.717) is 18.6 Å². The number of H-pyrrole nitrogens is 1. The van der Waals surface area contributed by atoms with Crippen molar-refractivity contribution in [3.05, 3.63) is 64.7 Å². The van der Waals surface area contributed by atoms with Gasteiger partial charge in [-0.05, 0) is 56.9 Å². The van der Waals surface area contributed by atoms with Gasteiger partial charge in [-0.3, -0.25) is 0 Å². The van der Waals surface area contributed by atoms with Gasteiger partial charge < -0.3 is 15.2 Å². The fourth-order valence-electron chi connectivity index (χ4n) is 4.07. The first-order chi connectivity index (χ1) is 13.5. The fourth-order valence-corrected chi connectivity index (χ4v) is 4.07. The molecule has 1 aromatic heterocycles. The van der Waals surface area contributed by atoms with Gasteiger partial charge in [0.05, 0.1) is 17.1 Å². The maximum Gasteiger partial charge on any atom is 0.318 e. The molecule has 1 aliphatic rings. The van der Waals surface area contributed by atoms with Gasteiger partial charge in [-0.15, -0.1) is 0 Å². The van der Waals surface area contributed by atoms with Gasteiger partial charge in [0.25, 0.3) is 0 Å². The number of amides is 2. The number of aryl methyl sites for hydroxylation is 2. The Kier molecular flexibility index (Phi) is 5.03. The van der Waals surface area contributed by atoms with Gasteiger partial charge in [0.2, 0.25) is 0 Å². The van der Waals surface area contributed by atoms with E-state index in [-0.39, 0.29) is 17.9 Å². The van der Waals surface area contributed by atoms with Gasteiger partial charge >= 0.3 is 6.03 Å². The van der Waals surface area contributed by atoms with Crippen LogP contribution in [0.2, 0.25) is 0 Å². The van der Waals surface area contributed by atoms with E-state index in [1.165, 1.54) is 23.3 Å². The number of fused-ring (bicyclic) bond motifs is 1. The Morgan fingerprint density at radius 1 is 1.21 bits per heavy atom. The second kappa shape index (κ2) is 7.62. The summed E-state index contributed by atoms with van der Waals surface area (Å²) in [5, 5.41) is 3.05. The number of aromatic nitrogens is 2. The largest absolute Gasteiger partial charge is 0.340 e. The number of hydrogen-bond donors (Lipinski definition) is 2. The Labute approximate surface area is 164 Å². The maximum atomic E-state index is 13.5. The van der Waals surface area contributed by atoms with Crippen molar-refractivity contribution < 1.29 is 9.18 Å². The summed E-state index contributed by atoms with van der Waals surface area (Å²) < 4.78 is 13.5. The topological polar surface area (TPSA) is 61.0 Å². The van der Waals surface area contributed by atoms with Crippen molar-refractivity contribution in [3.8, 4) is 0 Å². The van der Waals surface area contributed by atoms with Crippen molar-refractivity contribution in [2.45, 2.75) is 45.7 Å². The minimum atomic E-state index is -0.297. The Morgan fingerprint density at radius 2 is 2.00 bits per heavy atom. The minimum Gasteiger partial charge on any atom is -0.340 e. The summed E-state index contributed by atoms with van der Waals surface area (Å²) in [7, 11) is 0. The Morgan fingerprint density at radius 3 is 2.79 bits per heavy atom. The van der Waals surface area contributed by atoms with E-state index in [9.17, 15) is 9.18 Å². The van der Waals surface area contributed by atoms with Gasteiger partial charge in [0, 0.05) is 13.1 Å². The first-order valence-corrected chi connectivity index (χ1v) is 9.76. The molecule has 1 fully saturated rings. The Balaban J connectivity index is 1.51. The molecule has 1 atom stereocenters. The van der Waals surface area contributed by atoms with Crippen LogP contribution in [0.5, 0.6) is 0 Å². The number of benzene rings is 2. The molecule has 0 aliphatic carbocycles. The van der Waals surface area contributed by atoms with E-state index in [1.807, 2.05) is 4.90 Å². The second-order valence-corrected chi connectivity index (χ2v) is 7.64. The molecule has 1 saturated heterocycles. The molecule has 2 heterocycles. The molecular weight excluding hydrogens is 355 g/mol. The number of halogens is 1. The number of rotatable bonds is 3. The van der Waals surface area contributed by atoms with E-state index in [0.717, 1.165) is 36.2 Å². The Bertz CT molecular complexity index is 993. The lowest BCUT2D eigenvalue weighted by Gasteiger charge is -2.34. The average Bonchev–Trinajstić information content (AvgIpc) is 3.08. The molecule has 2 amide bonds. The number of nitrogens with one attached hydrogen (secondary N) is 2. The predicted molar refractivity (Wildman–Crippen MR) is 108 cm³/mol. The van der Waals surface area contributed by atoms with E-state index in [2.05, 4.69) is 47.3 Å². The number of piperidine rings is 1. The monoisotopic (exact) mass is 380 g/mol. The molecule has 0 bridgehead atoms. The third-order valence-electron chi connectivity index (χ3n) is 5.27. The zero-order chi connectivity index (χ0) is 19.7. The highest BCUT2D eigenvalue weighted by Gasteiger charge is 2.30. The summed E-state index contributed by atoms with van der Waals surface area (Å²) in [6.07, 6.45) is 2.86. The van der Waals surface area contributed by atoms with Crippen LogP contribution in [0.25, 0.3) is 11.0 Å². The van der Waals surface area contributed by atoms with Crippen LogP contribution in [0.1, 0.15) is 47.8 Å². The summed E-state index contributed by atoms with van der Waals surface area (Å²) in [6.45, 7) is 5.30. The molecule has 146 valence electrons. The lowest BCUT2D eigenvalue weighted by Crippen LogP contribution is -2.44. The normalized spacial score (nSPS) is 17.1. The minimum absolute atomic E-state index is 0.0875. The molecule has 0 radical (unpaired) electrons. The summed E-state index contributed by atoms with van der Waals surface area (Å²) in [5.74, 6) is 0.427. The summed E-state index contributed by atoms with van der Waals surface area (Å²) in [6, 6.07) is 10.6. The molecule has 2 N–H and O–H groups in total. The predicted octanol–water partition coefficient (Wildman–Crippen LogP) is 4.76. The molecule has 1 aliphatic heterocycles. The van der Waals surface area contributed by atoms with Crippen LogP contribution in [0, 0.1) is 19.7 Å². The van der Waals surface area contributed by atoms with E-state index < -0.39 is 0 Å². The molecule has 1 unspecified atom stereocenters. The van der Waals surface area contributed by atoms with Gasteiger partial charge in [-0.2, -0.15) is 0 Å². The average molecular weight is 380 g/mol. The van der Waals surface area contributed by atoms with Gasteiger partial charge in [0.1, 0.15) is 11.6 Å². The molecule has 0 saturated carbocycles. The van der Waals surface area contributed by atoms with Crippen LogP contribution in [0.15, 0.2) is 36.4 Å². The van der Waals surface area contributed by atoms with Crippen molar-refractivity contribution in [2.24, 2.45) is 0 Å². The highest BCUT2D eigenvalue weighted by Crippen LogP contribution is 2.30. The number of likely N-dealkylation sites (tertiary alicyclic amines) is 1. The molecule has 6 heteroatoms. The van der Waals surface area contributed by atoms with Crippen LogP contribution in [0.3, 0.4) is 0 Å². The quantitative estimate of drug-likeness (QED) is 0.688. The molecule has 2 aromatic carbocycles. The summed E-state index contributed by atoms with van der Waals surface area (Å²) in [5.41, 5.74) is 4.86. The standard InChI is InChI=1S/C22H25FN4O/c1-14-9-15(2)11-16(10-14)13-24-22(28)27-8-4-3-5-20(27)21-25-18-7-6-17(23)12-19(18)26-21/h6-7,9-12,20H,3-5,8,13H2,1-2H3,(H,24,28)(H,25,26).